The Morgan fingerprint density at radius 1 is 1.00 bits per heavy atom. The summed E-state index contributed by atoms with van der Waals surface area (Å²) in [5.41, 5.74) is 2.30. The molecule has 0 fully saturated rings. The molecule has 0 bridgehead atoms. The second-order valence-electron chi connectivity index (χ2n) is 6.48. The number of hydrogen-bond donors (Lipinski definition) is 1. The summed E-state index contributed by atoms with van der Waals surface area (Å²) < 4.78 is 10.5. The lowest BCUT2D eigenvalue weighted by Crippen LogP contribution is -2.31. The molecule has 28 heavy (non-hydrogen) atoms. The van der Waals surface area contributed by atoms with Crippen LogP contribution < -0.4 is 14.8 Å². The largest absolute Gasteiger partial charge is 0.493 e. The van der Waals surface area contributed by atoms with Gasteiger partial charge in [-0.1, -0.05) is 12.1 Å². The van der Waals surface area contributed by atoms with Crippen molar-refractivity contribution in [1.82, 2.24) is 4.90 Å². The van der Waals surface area contributed by atoms with Gasteiger partial charge in [-0.25, -0.2) is 0 Å². The summed E-state index contributed by atoms with van der Waals surface area (Å²) in [5.74, 6) is 0.290. The number of rotatable bonds is 7. The fourth-order valence-electron chi connectivity index (χ4n) is 3.17. The van der Waals surface area contributed by atoms with Gasteiger partial charge in [0.15, 0.2) is 11.5 Å². The number of carbonyl (C=O) groups excluding carboxylic acids is 3. The highest BCUT2D eigenvalue weighted by molar-refractivity contribution is 6.21. The van der Waals surface area contributed by atoms with Crippen molar-refractivity contribution in [3.8, 4) is 11.5 Å². The van der Waals surface area contributed by atoms with Gasteiger partial charge in [0.05, 0.1) is 25.3 Å². The molecule has 0 aliphatic carbocycles. The molecule has 0 atom stereocenters. The Hall–Kier alpha value is -3.35. The number of fused-ring (bicyclic) bond motifs is 1. The summed E-state index contributed by atoms with van der Waals surface area (Å²) in [6.45, 7) is 2.06. The maximum Gasteiger partial charge on any atom is 0.261 e. The molecule has 7 nitrogen and oxygen atoms in total. The number of nitrogens with one attached hydrogen (secondary N) is 1. The van der Waals surface area contributed by atoms with Crippen LogP contribution in [0.2, 0.25) is 0 Å². The molecular weight excluding hydrogens is 360 g/mol. The van der Waals surface area contributed by atoms with Crippen molar-refractivity contribution in [2.75, 3.05) is 26.1 Å². The normalized spacial score (nSPS) is 12.8. The third kappa shape index (κ3) is 3.69. The highest BCUT2D eigenvalue weighted by atomic mass is 16.5. The second-order valence-corrected chi connectivity index (χ2v) is 6.48. The van der Waals surface area contributed by atoms with Crippen LogP contribution in [-0.2, 0) is 4.79 Å². The van der Waals surface area contributed by atoms with Crippen molar-refractivity contribution >= 4 is 23.4 Å². The molecule has 0 spiro atoms. The van der Waals surface area contributed by atoms with E-state index < -0.39 is 0 Å². The molecule has 0 saturated carbocycles. The van der Waals surface area contributed by atoms with Crippen LogP contribution in [0, 0.1) is 6.92 Å². The van der Waals surface area contributed by atoms with E-state index in [2.05, 4.69) is 5.32 Å². The number of methoxy groups -OCH3 is 2. The van der Waals surface area contributed by atoms with Gasteiger partial charge in [0.1, 0.15) is 0 Å². The first-order valence-electron chi connectivity index (χ1n) is 8.94. The van der Waals surface area contributed by atoms with Gasteiger partial charge in [0, 0.05) is 24.7 Å². The Morgan fingerprint density at radius 3 is 2.14 bits per heavy atom. The average Bonchev–Trinajstić information content (AvgIpc) is 2.94. The van der Waals surface area contributed by atoms with E-state index >= 15 is 0 Å². The minimum Gasteiger partial charge on any atom is -0.493 e. The van der Waals surface area contributed by atoms with Crippen molar-refractivity contribution < 1.29 is 23.9 Å². The molecular formula is C21H22N2O5. The second kappa shape index (κ2) is 8.12. The van der Waals surface area contributed by atoms with Crippen LogP contribution in [0.15, 0.2) is 36.4 Å². The predicted octanol–water partition coefficient (Wildman–Crippen LogP) is 3.03. The topological polar surface area (TPSA) is 84.9 Å². The number of amides is 3. The summed E-state index contributed by atoms with van der Waals surface area (Å²) in [6.07, 6.45) is 0.560. The van der Waals surface area contributed by atoms with Crippen molar-refractivity contribution in [3.63, 3.8) is 0 Å². The molecule has 1 heterocycles. The van der Waals surface area contributed by atoms with Crippen molar-refractivity contribution in [3.05, 3.63) is 53.1 Å². The number of ether oxygens (including phenoxy) is 2. The number of anilines is 1. The minimum atomic E-state index is -0.309. The Kier molecular flexibility index (Phi) is 5.63. The Morgan fingerprint density at radius 2 is 1.57 bits per heavy atom. The zero-order chi connectivity index (χ0) is 20.3. The van der Waals surface area contributed by atoms with Crippen molar-refractivity contribution in [2.45, 2.75) is 19.8 Å². The molecule has 7 heteroatoms. The zero-order valence-corrected chi connectivity index (χ0v) is 16.1. The molecule has 0 unspecified atom stereocenters. The van der Waals surface area contributed by atoms with E-state index in [-0.39, 0.29) is 30.7 Å². The van der Waals surface area contributed by atoms with E-state index in [0.717, 1.165) is 5.56 Å². The van der Waals surface area contributed by atoms with Gasteiger partial charge in [-0.05, 0) is 37.1 Å². The number of carbonyl (C=O) groups is 3. The highest BCUT2D eigenvalue weighted by Gasteiger charge is 2.34. The SMILES string of the molecule is COc1cc(C)c(NC(=O)CCCN2C(=O)c3ccccc3C2=O)cc1OC. The van der Waals surface area contributed by atoms with Gasteiger partial charge in [0.2, 0.25) is 5.91 Å². The van der Waals surface area contributed by atoms with Crippen LogP contribution in [0.5, 0.6) is 11.5 Å². The average molecular weight is 382 g/mol. The molecule has 0 aromatic heterocycles. The molecule has 1 aliphatic heterocycles. The number of nitrogens with zero attached hydrogens (tertiary/aromatic N) is 1. The summed E-state index contributed by atoms with van der Waals surface area (Å²) >= 11 is 0. The lowest BCUT2D eigenvalue weighted by atomic mass is 10.1. The Balaban J connectivity index is 1.57. The van der Waals surface area contributed by atoms with E-state index in [1.165, 1.54) is 12.0 Å². The maximum atomic E-state index is 12.3. The molecule has 3 amide bonds. The molecule has 2 aromatic rings. The maximum absolute atomic E-state index is 12.3. The summed E-state index contributed by atoms with van der Waals surface area (Å²) in [4.78, 5) is 38.2. The van der Waals surface area contributed by atoms with Crippen LogP contribution in [0.3, 0.4) is 0 Å². The highest BCUT2D eigenvalue weighted by Crippen LogP contribution is 2.33. The Labute approximate surface area is 163 Å². The lowest BCUT2D eigenvalue weighted by Gasteiger charge is -2.15. The third-order valence-corrected chi connectivity index (χ3v) is 4.67. The molecule has 2 aromatic carbocycles. The molecule has 1 aliphatic rings. The number of hydrogen-bond acceptors (Lipinski definition) is 5. The van der Waals surface area contributed by atoms with Crippen LogP contribution in [0.4, 0.5) is 5.69 Å². The minimum absolute atomic E-state index is 0.182. The van der Waals surface area contributed by atoms with Gasteiger partial charge in [-0.3, -0.25) is 19.3 Å². The van der Waals surface area contributed by atoms with E-state index in [0.29, 0.717) is 34.7 Å². The molecule has 0 radical (unpaired) electrons. The molecule has 3 rings (SSSR count). The first-order chi connectivity index (χ1) is 13.5. The van der Waals surface area contributed by atoms with Gasteiger partial charge >= 0.3 is 0 Å². The van der Waals surface area contributed by atoms with Gasteiger partial charge in [-0.2, -0.15) is 0 Å². The van der Waals surface area contributed by atoms with Gasteiger partial charge in [-0.15, -0.1) is 0 Å². The summed E-state index contributed by atoms with van der Waals surface area (Å²) in [6, 6.07) is 10.2. The van der Waals surface area contributed by atoms with Gasteiger partial charge in [0.25, 0.3) is 11.8 Å². The summed E-state index contributed by atoms with van der Waals surface area (Å²) in [7, 11) is 3.08. The zero-order valence-electron chi connectivity index (χ0n) is 16.1. The first kappa shape index (κ1) is 19.4. The van der Waals surface area contributed by atoms with E-state index in [9.17, 15) is 14.4 Å². The van der Waals surface area contributed by atoms with Gasteiger partial charge < -0.3 is 14.8 Å². The first-order valence-corrected chi connectivity index (χ1v) is 8.94. The molecule has 0 saturated heterocycles. The van der Waals surface area contributed by atoms with E-state index in [4.69, 9.17) is 9.47 Å². The smallest absolute Gasteiger partial charge is 0.261 e. The standard InChI is InChI=1S/C21H22N2O5/c1-13-11-17(27-2)18(28-3)12-16(13)22-19(24)9-6-10-23-20(25)14-7-4-5-8-15(14)21(23)26/h4-5,7-8,11-12H,6,9-10H2,1-3H3,(H,22,24). The number of aryl methyl sites for hydroxylation is 1. The molecule has 146 valence electrons. The van der Waals surface area contributed by atoms with Crippen molar-refractivity contribution in [2.24, 2.45) is 0 Å². The van der Waals surface area contributed by atoms with Crippen LogP contribution in [0.25, 0.3) is 0 Å². The quantitative estimate of drug-likeness (QED) is 0.744. The number of benzene rings is 2. The fourth-order valence-corrected chi connectivity index (χ4v) is 3.17. The molecule has 1 N–H and O–H groups in total. The predicted molar refractivity (Wildman–Crippen MR) is 104 cm³/mol. The van der Waals surface area contributed by atoms with Crippen molar-refractivity contribution in [1.29, 1.82) is 0 Å². The summed E-state index contributed by atoms with van der Waals surface area (Å²) in [5, 5.41) is 2.84. The fraction of sp³-hybridized carbons (Fsp3) is 0.286. The monoisotopic (exact) mass is 382 g/mol. The van der Waals surface area contributed by atoms with E-state index in [1.54, 1.807) is 43.5 Å². The Bertz CT molecular complexity index is 903. The van der Waals surface area contributed by atoms with Crippen LogP contribution in [0.1, 0.15) is 39.1 Å². The number of imide groups is 1. The van der Waals surface area contributed by atoms with E-state index in [1.807, 2.05) is 6.92 Å². The third-order valence-electron chi connectivity index (χ3n) is 4.67. The van der Waals surface area contributed by atoms with Crippen LogP contribution >= 0.6 is 0 Å². The van der Waals surface area contributed by atoms with Crippen LogP contribution in [-0.4, -0.2) is 43.4 Å². The lowest BCUT2D eigenvalue weighted by molar-refractivity contribution is -0.116.